The molecule has 0 bridgehead atoms. The van der Waals surface area contributed by atoms with Crippen LogP contribution in [0.15, 0.2) is 17.6 Å². The van der Waals surface area contributed by atoms with Crippen molar-refractivity contribution < 1.29 is 0 Å². The number of piperazine rings is 1. The standard InChI is InChI=1S/C17H35N5.HI/c1-6-7-8-9-21(5)17(18-3)19-14-16(2)15-22-12-10-20(4)11-13-22;/h6,16H,1,7-15H2,2-5H3,(H,18,19);1H. The van der Waals surface area contributed by atoms with Crippen LogP contribution in [0.4, 0.5) is 0 Å². The molecule has 1 saturated heterocycles. The number of rotatable bonds is 8. The Labute approximate surface area is 160 Å². The van der Waals surface area contributed by atoms with Crippen LogP contribution in [-0.4, -0.2) is 87.6 Å². The third-order valence-corrected chi connectivity index (χ3v) is 4.25. The maximum absolute atomic E-state index is 4.38. The first-order valence-corrected chi connectivity index (χ1v) is 8.50. The van der Waals surface area contributed by atoms with Crippen LogP contribution in [0.25, 0.3) is 0 Å². The number of allylic oxidation sites excluding steroid dienone is 1. The lowest BCUT2D eigenvalue weighted by Crippen LogP contribution is -2.47. The molecule has 0 aliphatic carbocycles. The van der Waals surface area contributed by atoms with Crippen molar-refractivity contribution in [1.82, 2.24) is 20.0 Å². The molecule has 0 saturated carbocycles. The van der Waals surface area contributed by atoms with E-state index in [0.717, 1.165) is 38.4 Å². The number of halogens is 1. The SMILES string of the molecule is C=CCCCN(C)C(=NC)NCC(C)CN1CCN(C)CC1.I. The number of guanidine groups is 1. The molecule has 1 unspecified atom stereocenters. The number of aliphatic imine (C=N–C) groups is 1. The molecule has 0 aromatic carbocycles. The fourth-order valence-corrected chi connectivity index (χ4v) is 2.76. The molecule has 1 heterocycles. The quantitative estimate of drug-likeness (QED) is 0.207. The number of likely N-dealkylation sites (N-methyl/N-ethyl adjacent to an activating group) is 1. The summed E-state index contributed by atoms with van der Waals surface area (Å²) in [5.74, 6) is 1.62. The third-order valence-electron chi connectivity index (χ3n) is 4.25. The van der Waals surface area contributed by atoms with Crippen LogP contribution >= 0.6 is 24.0 Å². The molecule has 23 heavy (non-hydrogen) atoms. The molecule has 5 nitrogen and oxygen atoms in total. The van der Waals surface area contributed by atoms with Crippen molar-refractivity contribution in [2.45, 2.75) is 19.8 Å². The lowest BCUT2D eigenvalue weighted by atomic mass is 10.1. The first-order valence-electron chi connectivity index (χ1n) is 8.50. The Balaban J connectivity index is 0.00000484. The molecule has 1 fully saturated rings. The summed E-state index contributed by atoms with van der Waals surface area (Å²) in [7, 11) is 6.16. The zero-order valence-corrected chi connectivity index (χ0v) is 17.8. The molecular formula is C17H36IN5. The van der Waals surface area contributed by atoms with Gasteiger partial charge >= 0.3 is 0 Å². The van der Waals surface area contributed by atoms with E-state index in [2.05, 4.69) is 52.6 Å². The molecule has 1 aliphatic heterocycles. The molecule has 1 atom stereocenters. The van der Waals surface area contributed by atoms with Gasteiger partial charge in [-0.25, -0.2) is 0 Å². The van der Waals surface area contributed by atoms with Gasteiger partial charge in [-0.3, -0.25) is 4.99 Å². The zero-order chi connectivity index (χ0) is 16.4. The molecule has 1 rings (SSSR count). The molecular weight excluding hydrogens is 401 g/mol. The van der Waals surface area contributed by atoms with Gasteiger partial charge in [-0.05, 0) is 25.8 Å². The number of hydrogen-bond acceptors (Lipinski definition) is 3. The van der Waals surface area contributed by atoms with Crippen LogP contribution in [0.3, 0.4) is 0 Å². The highest BCUT2D eigenvalue weighted by molar-refractivity contribution is 14.0. The summed E-state index contributed by atoms with van der Waals surface area (Å²) in [5, 5.41) is 3.51. The second kappa shape index (κ2) is 13.0. The van der Waals surface area contributed by atoms with Crippen molar-refractivity contribution in [2.75, 3.05) is 67.0 Å². The van der Waals surface area contributed by atoms with Crippen molar-refractivity contribution in [2.24, 2.45) is 10.9 Å². The Morgan fingerprint density at radius 3 is 2.57 bits per heavy atom. The normalized spacial score (nSPS) is 18.2. The maximum Gasteiger partial charge on any atom is 0.193 e. The molecule has 1 N–H and O–H groups in total. The van der Waals surface area contributed by atoms with Gasteiger partial charge in [0.2, 0.25) is 0 Å². The first kappa shape index (κ1) is 22.7. The minimum Gasteiger partial charge on any atom is -0.356 e. The van der Waals surface area contributed by atoms with Gasteiger partial charge in [0.15, 0.2) is 5.96 Å². The highest BCUT2D eigenvalue weighted by Gasteiger charge is 2.16. The fraction of sp³-hybridized carbons (Fsp3) is 0.824. The number of hydrogen-bond donors (Lipinski definition) is 1. The molecule has 6 heteroatoms. The highest BCUT2D eigenvalue weighted by atomic mass is 127. The van der Waals surface area contributed by atoms with E-state index in [1.165, 1.54) is 26.2 Å². The van der Waals surface area contributed by atoms with E-state index < -0.39 is 0 Å². The van der Waals surface area contributed by atoms with Crippen LogP contribution in [0.5, 0.6) is 0 Å². The Morgan fingerprint density at radius 2 is 2.00 bits per heavy atom. The van der Waals surface area contributed by atoms with Crippen molar-refractivity contribution in [3.8, 4) is 0 Å². The van der Waals surface area contributed by atoms with E-state index in [1.807, 2.05) is 13.1 Å². The van der Waals surface area contributed by atoms with Crippen molar-refractivity contribution >= 4 is 29.9 Å². The molecule has 0 amide bonds. The lowest BCUT2D eigenvalue weighted by molar-refractivity contribution is 0.139. The van der Waals surface area contributed by atoms with Gasteiger partial charge in [-0.15, -0.1) is 30.6 Å². The van der Waals surface area contributed by atoms with Gasteiger partial charge in [0.1, 0.15) is 0 Å². The van der Waals surface area contributed by atoms with Gasteiger partial charge in [-0.2, -0.15) is 0 Å². The summed E-state index contributed by atoms with van der Waals surface area (Å²) in [6.07, 6.45) is 4.15. The van der Waals surface area contributed by atoms with E-state index in [0.29, 0.717) is 5.92 Å². The second-order valence-corrected chi connectivity index (χ2v) is 6.49. The predicted molar refractivity (Wildman–Crippen MR) is 112 cm³/mol. The average Bonchev–Trinajstić information content (AvgIpc) is 2.50. The summed E-state index contributed by atoms with van der Waals surface area (Å²) in [6.45, 7) is 14.0. The summed E-state index contributed by atoms with van der Waals surface area (Å²) in [6, 6.07) is 0. The Bertz CT molecular complexity index is 340. The Kier molecular flexibility index (Phi) is 12.8. The lowest BCUT2D eigenvalue weighted by Gasteiger charge is -2.34. The third kappa shape index (κ3) is 9.52. The smallest absolute Gasteiger partial charge is 0.193 e. The van der Waals surface area contributed by atoms with E-state index in [9.17, 15) is 0 Å². The topological polar surface area (TPSA) is 34.1 Å². The number of nitrogens with one attached hydrogen (secondary N) is 1. The van der Waals surface area contributed by atoms with Crippen molar-refractivity contribution in [3.05, 3.63) is 12.7 Å². The van der Waals surface area contributed by atoms with Gasteiger partial charge < -0.3 is 20.0 Å². The zero-order valence-electron chi connectivity index (χ0n) is 15.4. The minimum atomic E-state index is 0. The van der Waals surface area contributed by atoms with Crippen LogP contribution in [0.2, 0.25) is 0 Å². The molecule has 0 aromatic rings. The molecule has 0 aromatic heterocycles. The van der Waals surface area contributed by atoms with Gasteiger partial charge in [0.05, 0.1) is 0 Å². The molecule has 1 aliphatic rings. The summed E-state index contributed by atoms with van der Waals surface area (Å²) in [4.78, 5) is 11.6. The number of unbranched alkanes of at least 4 members (excludes halogenated alkanes) is 1. The monoisotopic (exact) mass is 437 g/mol. The number of nitrogens with zero attached hydrogens (tertiary/aromatic N) is 4. The van der Waals surface area contributed by atoms with Gasteiger partial charge in [0, 0.05) is 59.9 Å². The Morgan fingerprint density at radius 1 is 1.35 bits per heavy atom. The van der Waals surface area contributed by atoms with Crippen molar-refractivity contribution in [3.63, 3.8) is 0 Å². The fourth-order valence-electron chi connectivity index (χ4n) is 2.76. The van der Waals surface area contributed by atoms with Crippen LogP contribution in [0.1, 0.15) is 19.8 Å². The largest absolute Gasteiger partial charge is 0.356 e. The summed E-state index contributed by atoms with van der Waals surface area (Å²) >= 11 is 0. The second-order valence-electron chi connectivity index (χ2n) is 6.49. The molecule has 0 spiro atoms. The van der Waals surface area contributed by atoms with Crippen LogP contribution < -0.4 is 5.32 Å². The van der Waals surface area contributed by atoms with E-state index in [4.69, 9.17) is 0 Å². The maximum atomic E-state index is 4.38. The van der Waals surface area contributed by atoms with Gasteiger partial charge in [0.25, 0.3) is 0 Å². The summed E-state index contributed by atoms with van der Waals surface area (Å²) < 4.78 is 0. The molecule has 136 valence electrons. The van der Waals surface area contributed by atoms with Crippen LogP contribution in [0, 0.1) is 5.92 Å². The van der Waals surface area contributed by atoms with E-state index in [1.54, 1.807) is 0 Å². The highest BCUT2D eigenvalue weighted by Crippen LogP contribution is 2.04. The van der Waals surface area contributed by atoms with E-state index in [-0.39, 0.29) is 24.0 Å². The van der Waals surface area contributed by atoms with Crippen LogP contribution in [-0.2, 0) is 0 Å². The van der Waals surface area contributed by atoms with Crippen molar-refractivity contribution in [1.29, 1.82) is 0 Å². The Hall–Kier alpha value is -0.340. The predicted octanol–water partition coefficient (Wildman–Crippen LogP) is 1.96. The molecule has 0 radical (unpaired) electrons. The summed E-state index contributed by atoms with van der Waals surface area (Å²) in [5.41, 5.74) is 0. The average molecular weight is 437 g/mol. The van der Waals surface area contributed by atoms with E-state index >= 15 is 0 Å². The minimum absolute atomic E-state index is 0. The first-order chi connectivity index (χ1) is 10.6. The van der Waals surface area contributed by atoms with Gasteiger partial charge in [-0.1, -0.05) is 13.0 Å².